The molecule has 2 unspecified atom stereocenters. The number of hydrogen-bond donors (Lipinski definition) is 0. The SMILES string of the molecule is CC#C/C=C(\C=C/CC)CC1/C(=C(/C)SCCCC)CC1(C#N)c1ccc(C)c(C)c1. The van der Waals surface area contributed by atoms with Crippen molar-refractivity contribution in [2.24, 2.45) is 5.92 Å². The summed E-state index contributed by atoms with van der Waals surface area (Å²) in [5.41, 5.74) is 5.92. The zero-order chi connectivity index (χ0) is 22.9. The Morgan fingerprint density at radius 2 is 2.03 bits per heavy atom. The molecule has 0 aliphatic heterocycles. The summed E-state index contributed by atoms with van der Waals surface area (Å²) in [5.74, 6) is 7.47. The Kier molecular flexibility index (Phi) is 9.74. The van der Waals surface area contributed by atoms with Crippen molar-refractivity contribution in [3.05, 3.63) is 69.2 Å². The Labute approximate surface area is 194 Å². The van der Waals surface area contributed by atoms with E-state index in [1.807, 2.05) is 24.8 Å². The first-order valence-electron chi connectivity index (χ1n) is 11.5. The number of aryl methyl sites for hydroxylation is 2. The molecular weight excluding hydrogens is 394 g/mol. The summed E-state index contributed by atoms with van der Waals surface area (Å²) in [6.07, 6.45) is 11.6. The number of rotatable bonds is 9. The van der Waals surface area contributed by atoms with Gasteiger partial charge >= 0.3 is 0 Å². The number of hydrogen-bond acceptors (Lipinski definition) is 2. The third-order valence-electron chi connectivity index (χ3n) is 6.38. The van der Waals surface area contributed by atoms with E-state index in [2.05, 4.69) is 82.9 Å². The highest BCUT2D eigenvalue weighted by molar-refractivity contribution is 8.03. The molecule has 0 heterocycles. The summed E-state index contributed by atoms with van der Waals surface area (Å²) < 4.78 is 0. The number of unbranched alkanes of at least 4 members (excludes halogenated alkanes) is 1. The monoisotopic (exact) mass is 431 g/mol. The fraction of sp³-hybridized carbons (Fsp3) is 0.483. The molecule has 31 heavy (non-hydrogen) atoms. The smallest absolute Gasteiger partial charge is 0.0928 e. The zero-order valence-electron chi connectivity index (χ0n) is 20.1. The average molecular weight is 432 g/mol. The largest absolute Gasteiger partial charge is 0.197 e. The lowest BCUT2D eigenvalue weighted by Crippen LogP contribution is -2.46. The molecule has 1 aromatic rings. The van der Waals surface area contributed by atoms with Crippen LogP contribution in [0.3, 0.4) is 0 Å². The fourth-order valence-corrected chi connectivity index (χ4v) is 5.33. The highest BCUT2D eigenvalue weighted by atomic mass is 32.2. The van der Waals surface area contributed by atoms with Crippen molar-refractivity contribution < 1.29 is 0 Å². The van der Waals surface area contributed by atoms with Crippen molar-refractivity contribution in [3.8, 4) is 17.9 Å². The molecule has 2 atom stereocenters. The fourth-order valence-electron chi connectivity index (χ4n) is 4.19. The van der Waals surface area contributed by atoms with E-state index in [9.17, 15) is 5.26 Å². The molecule has 0 amide bonds. The van der Waals surface area contributed by atoms with E-state index in [1.54, 1.807) is 0 Å². The second kappa shape index (κ2) is 12.0. The summed E-state index contributed by atoms with van der Waals surface area (Å²) in [4.78, 5) is 1.41. The van der Waals surface area contributed by atoms with E-state index in [1.165, 1.54) is 45.6 Å². The van der Waals surface area contributed by atoms with Crippen LogP contribution in [0.2, 0.25) is 0 Å². The molecule has 2 rings (SSSR count). The van der Waals surface area contributed by atoms with Crippen LogP contribution in [0.15, 0.2) is 52.5 Å². The van der Waals surface area contributed by atoms with Crippen LogP contribution in [0.25, 0.3) is 0 Å². The van der Waals surface area contributed by atoms with Gasteiger partial charge in [-0.05, 0) is 92.4 Å². The second-order valence-corrected chi connectivity index (χ2v) is 9.83. The van der Waals surface area contributed by atoms with Crippen molar-refractivity contribution in [2.45, 2.75) is 79.1 Å². The Balaban J connectivity index is 2.50. The minimum atomic E-state index is -0.459. The standard InChI is InChI=1S/C29H37NS/c1-7-10-13-25(14-11-8-2)19-28-27(24(6)31-17-12-9-3)20-29(28,21-30)26-16-15-22(4)23(5)18-26/h10,13-16,18,28H,7,9,12,17,19-20H2,1-6H3/b13-10-,25-14+,27-24-. The molecule has 1 fully saturated rings. The minimum Gasteiger partial charge on any atom is -0.197 e. The maximum absolute atomic E-state index is 10.5. The minimum absolute atomic E-state index is 0.195. The van der Waals surface area contributed by atoms with Crippen LogP contribution in [0, 0.1) is 42.9 Å². The number of nitriles is 1. The molecule has 0 aromatic heterocycles. The molecule has 0 saturated heterocycles. The maximum Gasteiger partial charge on any atom is 0.0928 e. The quantitative estimate of drug-likeness (QED) is 0.223. The first-order chi connectivity index (χ1) is 14.9. The van der Waals surface area contributed by atoms with Gasteiger partial charge in [-0.15, -0.1) is 17.7 Å². The van der Waals surface area contributed by atoms with Crippen LogP contribution in [0.5, 0.6) is 0 Å². The van der Waals surface area contributed by atoms with E-state index in [4.69, 9.17) is 0 Å². The molecule has 0 N–H and O–H groups in total. The van der Waals surface area contributed by atoms with Crippen LogP contribution in [-0.4, -0.2) is 5.75 Å². The van der Waals surface area contributed by atoms with Crippen LogP contribution >= 0.6 is 11.8 Å². The van der Waals surface area contributed by atoms with Crippen molar-refractivity contribution in [1.29, 1.82) is 5.26 Å². The van der Waals surface area contributed by atoms with E-state index in [0.29, 0.717) is 0 Å². The maximum atomic E-state index is 10.5. The third-order valence-corrected chi connectivity index (χ3v) is 7.57. The van der Waals surface area contributed by atoms with Gasteiger partial charge in [0.2, 0.25) is 0 Å². The van der Waals surface area contributed by atoms with Crippen LogP contribution in [-0.2, 0) is 5.41 Å². The highest BCUT2D eigenvalue weighted by Crippen LogP contribution is 2.57. The molecule has 1 aliphatic rings. The van der Waals surface area contributed by atoms with Crippen molar-refractivity contribution >= 4 is 11.8 Å². The van der Waals surface area contributed by atoms with Gasteiger partial charge in [-0.25, -0.2) is 0 Å². The summed E-state index contributed by atoms with van der Waals surface area (Å²) in [6.45, 7) is 12.8. The Morgan fingerprint density at radius 1 is 1.26 bits per heavy atom. The number of allylic oxidation sites excluding steroid dienone is 6. The van der Waals surface area contributed by atoms with E-state index in [-0.39, 0.29) is 5.92 Å². The second-order valence-electron chi connectivity index (χ2n) is 8.52. The molecule has 1 nitrogen and oxygen atoms in total. The van der Waals surface area contributed by atoms with Gasteiger partial charge in [0.1, 0.15) is 0 Å². The number of nitrogens with zero attached hydrogens (tertiary/aromatic N) is 1. The molecule has 0 radical (unpaired) electrons. The van der Waals surface area contributed by atoms with Gasteiger partial charge in [0, 0.05) is 5.92 Å². The molecular formula is C29H37NS. The van der Waals surface area contributed by atoms with Crippen molar-refractivity contribution in [2.75, 3.05) is 5.75 Å². The molecule has 0 bridgehead atoms. The topological polar surface area (TPSA) is 23.8 Å². The summed E-state index contributed by atoms with van der Waals surface area (Å²) in [7, 11) is 0. The molecule has 1 aliphatic carbocycles. The first-order valence-corrected chi connectivity index (χ1v) is 12.5. The van der Waals surface area contributed by atoms with Gasteiger partial charge in [-0.3, -0.25) is 0 Å². The van der Waals surface area contributed by atoms with E-state index in [0.717, 1.165) is 25.0 Å². The van der Waals surface area contributed by atoms with Gasteiger partial charge in [-0.1, -0.05) is 62.1 Å². The van der Waals surface area contributed by atoms with Gasteiger partial charge < -0.3 is 0 Å². The predicted octanol–water partition coefficient (Wildman–Crippen LogP) is 8.20. The van der Waals surface area contributed by atoms with Crippen LogP contribution in [0.1, 0.15) is 76.5 Å². The number of benzene rings is 1. The Morgan fingerprint density at radius 3 is 2.65 bits per heavy atom. The van der Waals surface area contributed by atoms with Gasteiger partial charge in [0.05, 0.1) is 11.5 Å². The van der Waals surface area contributed by atoms with Crippen LogP contribution in [0.4, 0.5) is 0 Å². The first kappa shape index (κ1) is 25.1. The Bertz CT molecular complexity index is 961. The molecule has 1 aromatic carbocycles. The van der Waals surface area contributed by atoms with Crippen molar-refractivity contribution in [1.82, 2.24) is 0 Å². The van der Waals surface area contributed by atoms with Gasteiger partial charge in [0.25, 0.3) is 0 Å². The lowest BCUT2D eigenvalue weighted by Gasteiger charge is -2.49. The van der Waals surface area contributed by atoms with E-state index >= 15 is 0 Å². The summed E-state index contributed by atoms with van der Waals surface area (Å²) in [6, 6.07) is 9.34. The lowest BCUT2D eigenvalue weighted by molar-refractivity contribution is 0.278. The Hall–Kier alpha value is -2.16. The molecule has 0 spiro atoms. The normalized spacial score (nSPS) is 22.5. The predicted molar refractivity (Wildman–Crippen MR) is 137 cm³/mol. The highest BCUT2D eigenvalue weighted by Gasteiger charge is 2.52. The lowest BCUT2D eigenvalue weighted by atomic mass is 9.53. The summed E-state index contributed by atoms with van der Waals surface area (Å²) in [5, 5.41) is 10.5. The molecule has 1 saturated carbocycles. The molecule has 2 heteroatoms. The average Bonchev–Trinajstić information content (AvgIpc) is 2.75. The summed E-state index contributed by atoms with van der Waals surface area (Å²) >= 11 is 1.97. The molecule has 164 valence electrons. The van der Waals surface area contributed by atoms with Crippen molar-refractivity contribution in [3.63, 3.8) is 0 Å². The van der Waals surface area contributed by atoms with Crippen LogP contribution < -0.4 is 0 Å². The van der Waals surface area contributed by atoms with E-state index < -0.39 is 5.41 Å². The van der Waals surface area contributed by atoms with Gasteiger partial charge in [0.15, 0.2) is 0 Å². The van der Waals surface area contributed by atoms with Gasteiger partial charge in [-0.2, -0.15) is 5.26 Å². The number of thioether (sulfide) groups is 1. The third kappa shape index (κ3) is 5.96. The zero-order valence-corrected chi connectivity index (χ0v) is 21.0.